The minimum absolute atomic E-state index is 0.161. The summed E-state index contributed by atoms with van der Waals surface area (Å²) >= 11 is 0. The maximum Gasteiger partial charge on any atom is 0.407 e. The van der Waals surface area contributed by atoms with Crippen LogP contribution in [0.5, 0.6) is 0 Å². The first-order valence-corrected chi connectivity index (χ1v) is 7.22. The van der Waals surface area contributed by atoms with Gasteiger partial charge >= 0.3 is 6.09 Å². The van der Waals surface area contributed by atoms with E-state index >= 15 is 0 Å². The van der Waals surface area contributed by atoms with Gasteiger partial charge in [-0.15, -0.1) is 0 Å². The fourth-order valence-corrected chi connectivity index (χ4v) is 2.04. The zero-order valence-electron chi connectivity index (χ0n) is 13.4. The van der Waals surface area contributed by atoms with Crippen LogP contribution in [0.3, 0.4) is 0 Å². The van der Waals surface area contributed by atoms with Crippen LogP contribution in [0.1, 0.15) is 16.8 Å². The Balaban J connectivity index is 1.76. The molecule has 0 atom stereocenters. The minimum Gasteiger partial charge on any atom is -0.445 e. The lowest BCUT2D eigenvalue weighted by Crippen LogP contribution is -2.33. The Morgan fingerprint density at radius 1 is 1.22 bits per heavy atom. The van der Waals surface area contributed by atoms with Gasteiger partial charge in [-0.25, -0.2) is 4.79 Å². The van der Waals surface area contributed by atoms with Gasteiger partial charge in [-0.05, 0) is 19.4 Å². The van der Waals surface area contributed by atoms with Gasteiger partial charge in [-0.2, -0.15) is 5.10 Å². The monoisotopic (exact) mass is 316 g/mol. The van der Waals surface area contributed by atoms with Crippen molar-refractivity contribution in [1.82, 2.24) is 15.1 Å². The van der Waals surface area contributed by atoms with E-state index in [1.807, 2.05) is 44.2 Å². The van der Waals surface area contributed by atoms with Crippen molar-refractivity contribution in [2.45, 2.75) is 20.5 Å². The van der Waals surface area contributed by atoms with E-state index in [1.54, 1.807) is 11.7 Å². The standard InChI is InChI=1S/C16H20N4O3/c1-11-12(2)19-20(3)15(11)18-14(21)9-17-16(22)23-10-13-7-5-4-6-8-13/h4-8H,9-10H2,1-3H3,(H,17,22)(H,18,21). The minimum atomic E-state index is -0.637. The fraction of sp³-hybridized carbons (Fsp3) is 0.312. The Hall–Kier alpha value is -2.83. The van der Waals surface area contributed by atoms with E-state index in [2.05, 4.69) is 15.7 Å². The molecule has 0 spiro atoms. The molecule has 0 radical (unpaired) electrons. The molecule has 122 valence electrons. The number of hydrogen-bond donors (Lipinski definition) is 2. The molecule has 0 aliphatic carbocycles. The predicted octanol–water partition coefficient (Wildman–Crippen LogP) is 1.90. The summed E-state index contributed by atoms with van der Waals surface area (Å²) in [6, 6.07) is 9.32. The van der Waals surface area contributed by atoms with Crippen LogP contribution in [-0.4, -0.2) is 28.3 Å². The third-order valence-electron chi connectivity index (χ3n) is 3.39. The molecule has 0 saturated carbocycles. The molecule has 0 fully saturated rings. The van der Waals surface area contributed by atoms with Gasteiger partial charge in [0.05, 0.1) is 5.69 Å². The van der Waals surface area contributed by atoms with Crippen LogP contribution in [0.15, 0.2) is 30.3 Å². The van der Waals surface area contributed by atoms with E-state index in [0.717, 1.165) is 16.8 Å². The number of amides is 2. The van der Waals surface area contributed by atoms with Crippen LogP contribution in [0, 0.1) is 13.8 Å². The van der Waals surface area contributed by atoms with Crippen molar-refractivity contribution in [2.24, 2.45) is 7.05 Å². The first kappa shape index (κ1) is 16.5. The molecule has 0 unspecified atom stereocenters. The van der Waals surface area contributed by atoms with Gasteiger partial charge in [0.2, 0.25) is 5.91 Å². The van der Waals surface area contributed by atoms with Gasteiger partial charge in [0.1, 0.15) is 19.0 Å². The van der Waals surface area contributed by atoms with Gasteiger partial charge < -0.3 is 15.4 Å². The number of anilines is 1. The lowest BCUT2D eigenvalue weighted by molar-refractivity contribution is -0.115. The number of nitrogens with one attached hydrogen (secondary N) is 2. The lowest BCUT2D eigenvalue weighted by Gasteiger charge is -2.09. The summed E-state index contributed by atoms with van der Waals surface area (Å²) in [5, 5.41) is 9.35. The third kappa shape index (κ3) is 4.57. The van der Waals surface area contributed by atoms with Crippen molar-refractivity contribution in [2.75, 3.05) is 11.9 Å². The van der Waals surface area contributed by atoms with Gasteiger partial charge in [0, 0.05) is 12.6 Å². The van der Waals surface area contributed by atoms with E-state index in [9.17, 15) is 9.59 Å². The van der Waals surface area contributed by atoms with Crippen LogP contribution >= 0.6 is 0 Å². The molecule has 0 aliphatic rings. The van der Waals surface area contributed by atoms with Crippen LogP contribution < -0.4 is 10.6 Å². The number of hydrogen-bond acceptors (Lipinski definition) is 4. The molecule has 1 heterocycles. The summed E-state index contributed by atoms with van der Waals surface area (Å²) in [6.07, 6.45) is -0.637. The normalized spacial score (nSPS) is 10.2. The molecule has 0 saturated heterocycles. The summed E-state index contributed by atoms with van der Waals surface area (Å²) in [6.45, 7) is 3.73. The number of aromatic nitrogens is 2. The molecule has 2 N–H and O–H groups in total. The fourth-order valence-electron chi connectivity index (χ4n) is 2.04. The summed E-state index contributed by atoms with van der Waals surface area (Å²) in [5.74, 6) is 0.278. The summed E-state index contributed by atoms with van der Waals surface area (Å²) in [4.78, 5) is 23.5. The van der Waals surface area contributed by atoms with Crippen molar-refractivity contribution < 1.29 is 14.3 Å². The van der Waals surface area contributed by atoms with E-state index < -0.39 is 6.09 Å². The van der Waals surface area contributed by atoms with E-state index in [0.29, 0.717) is 5.82 Å². The maximum atomic E-state index is 11.9. The molecule has 7 nitrogen and oxygen atoms in total. The van der Waals surface area contributed by atoms with Crippen LogP contribution in [0.2, 0.25) is 0 Å². The first-order valence-electron chi connectivity index (χ1n) is 7.22. The van der Waals surface area contributed by atoms with Crippen LogP contribution in [0.25, 0.3) is 0 Å². The highest BCUT2D eigenvalue weighted by molar-refractivity contribution is 5.93. The number of rotatable bonds is 5. The Labute approximate surface area is 134 Å². The molecule has 0 bridgehead atoms. The molecule has 2 rings (SSSR count). The zero-order valence-corrected chi connectivity index (χ0v) is 13.4. The van der Waals surface area contributed by atoms with Crippen LogP contribution in [-0.2, 0) is 23.2 Å². The van der Waals surface area contributed by atoms with Crippen LogP contribution in [0.4, 0.5) is 10.6 Å². The number of aryl methyl sites for hydroxylation is 2. The second kappa shape index (κ2) is 7.44. The van der Waals surface area contributed by atoms with E-state index in [4.69, 9.17) is 4.74 Å². The average Bonchev–Trinajstić information content (AvgIpc) is 2.78. The number of benzene rings is 1. The highest BCUT2D eigenvalue weighted by Gasteiger charge is 2.13. The van der Waals surface area contributed by atoms with Crippen molar-refractivity contribution in [3.63, 3.8) is 0 Å². The summed E-state index contributed by atoms with van der Waals surface area (Å²) in [7, 11) is 1.75. The number of nitrogens with zero attached hydrogens (tertiary/aromatic N) is 2. The van der Waals surface area contributed by atoms with Crippen molar-refractivity contribution >= 4 is 17.8 Å². The Bertz CT molecular complexity index is 695. The molecular weight excluding hydrogens is 296 g/mol. The van der Waals surface area contributed by atoms with E-state index in [-0.39, 0.29) is 19.1 Å². The molecule has 7 heteroatoms. The highest BCUT2D eigenvalue weighted by atomic mass is 16.5. The molecule has 0 aliphatic heterocycles. The van der Waals surface area contributed by atoms with Gasteiger partial charge in [0.15, 0.2) is 0 Å². The summed E-state index contributed by atoms with van der Waals surface area (Å²) in [5.41, 5.74) is 2.62. The molecule has 2 amide bonds. The van der Waals surface area contributed by atoms with Crippen molar-refractivity contribution in [3.8, 4) is 0 Å². The topological polar surface area (TPSA) is 85.3 Å². The maximum absolute atomic E-state index is 11.9. The predicted molar refractivity (Wildman–Crippen MR) is 85.9 cm³/mol. The Morgan fingerprint density at radius 2 is 1.91 bits per heavy atom. The number of alkyl carbamates (subject to hydrolysis) is 1. The largest absolute Gasteiger partial charge is 0.445 e. The third-order valence-corrected chi connectivity index (χ3v) is 3.39. The number of ether oxygens (including phenoxy) is 1. The van der Waals surface area contributed by atoms with Gasteiger partial charge in [-0.1, -0.05) is 30.3 Å². The zero-order chi connectivity index (χ0) is 16.8. The molecule has 23 heavy (non-hydrogen) atoms. The van der Waals surface area contributed by atoms with E-state index in [1.165, 1.54) is 0 Å². The van der Waals surface area contributed by atoms with Crippen molar-refractivity contribution in [3.05, 3.63) is 47.2 Å². The second-order valence-corrected chi connectivity index (χ2v) is 5.15. The quantitative estimate of drug-likeness (QED) is 0.882. The Morgan fingerprint density at radius 3 is 2.52 bits per heavy atom. The lowest BCUT2D eigenvalue weighted by atomic mass is 10.2. The smallest absolute Gasteiger partial charge is 0.407 e. The molecular formula is C16H20N4O3. The molecule has 1 aromatic heterocycles. The highest BCUT2D eigenvalue weighted by Crippen LogP contribution is 2.16. The van der Waals surface area contributed by atoms with Gasteiger partial charge in [0.25, 0.3) is 0 Å². The first-order chi connectivity index (χ1) is 11.0. The Kier molecular flexibility index (Phi) is 5.35. The second-order valence-electron chi connectivity index (χ2n) is 5.15. The SMILES string of the molecule is Cc1nn(C)c(NC(=O)CNC(=O)OCc2ccccc2)c1C. The molecule has 1 aromatic carbocycles. The van der Waals surface area contributed by atoms with Gasteiger partial charge in [-0.3, -0.25) is 9.48 Å². The summed E-state index contributed by atoms with van der Waals surface area (Å²) < 4.78 is 6.63. The van der Waals surface area contributed by atoms with Crippen molar-refractivity contribution in [1.29, 1.82) is 0 Å². The number of carbonyl (C=O) groups excluding carboxylic acids is 2. The average molecular weight is 316 g/mol. The number of carbonyl (C=O) groups is 2. The molecule has 2 aromatic rings.